The molecule has 1 aliphatic heterocycles. The lowest BCUT2D eigenvalue weighted by Gasteiger charge is -2.24. The van der Waals surface area contributed by atoms with Crippen LogP contribution in [-0.4, -0.2) is 49.1 Å². The van der Waals surface area contributed by atoms with Crippen molar-refractivity contribution >= 4 is 56.3 Å². The molecule has 2 N–H and O–H groups in total. The summed E-state index contributed by atoms with van der Waals surface area (Å²) in [4.78, 5) is 25.6. The van der Waals surface area contributed by atoms with Gasteiger partial charge >= 0.3 is 0 Å². The highest BCUT2D eigenvalue weighted by molar-refractivity contribution is 7.99. The third-order valence-electron chi connectivity index (χ3n) is 4.84. The summed E-state index contributed by atoms with van der Waals surface area (Å²) in [6.07, 6.45) is 1.40. The molecule has 0 saturated carbocycles. The summed E-state index contributed by atoms with van der Waals surface area (Å²) in [5, 5.41) is 5.46. The van der Waals surface area contributed by atoms with Crippen molar-refractivity contribution in [2.45, 2.75) is 11.1 Å². The number of anilines is 2. The van der Waals surface area contributed by atoms with Crippen LogP contribution in [0.3, 0.4) is 0 Å². The summed E-state index contributed by atoms with van der Waals surface area (Å²) >= 11 is 2.88. The highest BCUT2D eigenvalue weighted by atomic mass is 32.2. The zero-order valence-electron chi connectivity index (χ0n) is 17.2. The van der Waals surface area contributed by atoms with Gasteiger partial charge in [0, 0.05) is 40.7 Å². The van der Waals surface area contributed by atoms with Crippen LogP contribution < -0.4 is 10.6 Å². The minimum atomic E-state index is -3.58. The Bertz CT molecular complexity index is 1230. The molecule has 0 aliphatic carbocycles. The van der Waals surface area contributed by atoms with Gasteiger partial charge in [0.1, 0.15) is 4.21 Å². The van der Waals surface area contributed by atoms with Gasteiger partial charge in [0.15, 0.2) is 5.76 Å². The van der Waals surface area contributed by atoms with Crippen molar-refractivity contribution in [1.82, 2.24) is 4.31 Å². The molecular formula is C21H21N3O5S3. The second-order valence-corrected chi connectivity index (χ2v) is 11.7. The Morgan fingerprint density at radius 1 is 1.03 bits per heavy atom. The van der Waals surface area contributed by atoms with E-state index in [1.165, 1.54) is 16.6 Å². The number of furan rings is 1. The SMILES string of the molecule is Cc1sc(S(=O)(=O)N2CCSCC2)cc1NC(=O)c1cccc(NC(=O)c2ccco2)c1. The van der Waals surface area contributed by atoms with Crippen LogP contribution in [0.1, 0.15) is 25.8 Å². The van der Waals surface area contributed by atoms with E-state index < -0.39 is 21.8 Å². The lowest BCUT2D eigenvalue weighted by atomic mass is 10.2. The molecule has 8 nitrogen and oxygen atoms in total. The molecule has 1 aromatic carbocycles. The maximum absolute atomic E-state index is 12.9. The molecule has 0 radical (unpaired) electrons. The van der Waals surface area contributed by atoms with Crippen LogP contribution in [-0.2, 0) is 10.0 Å². The van der Waals surface area contributed by atoms with Crippen molar-refractivity contribution in [1.29, 1.82) is 0 Å². The van der Waals surface area contributed by atoms with Gasteiger partial charge in [0.2, 0.25) is 0 Å². The molecular weight excluding hydrogens is 470 g/mol. The van der Waals surface area contributed by atoms with E-state index in [4.69, 9.17) is 4.42 Å². The first kappa shape index (κ1) is 22.6. The number of hydrogen-bond acceptors (Lipinski definition) is 7. The average Bonchev–Trinajstić information content (AvgIpc) is 3.45. The van der Waals surface area contributed by atoms with Crippen LogP contribution in [0.15, 0.2) is 57.4 Å². The van der Waals surface area contributed by atoms with Crippen LogP contribution in [0.4, 0.5) is 11.4 Å². The predicted octanol–water partition coefficient (Wildman–Crippen LogP) is 3.89. The molecule has 32 heavy (non-hydrogen) atoms. The van der Waals surface area contributed by atoms with Crippen molar-refractivity contribution in [3.8, 4) is 0 Å². The van der Waals surface area contributed by atoms with Gasteiger partial charge in [0.25, 0.3) is 21.8 Å². The first-order valence-electron chi connectivity index (χ1n) is 9.79. The van der Waals surface area contributed by atoms with E-state index >= 15 is 0 Å². The Labute approximate surface area is 194 Å². The van der Waals surface area contributed by atoms with Crippen LogP contribution in [0.5, 0.6) is 0 Å². The Hall–Kier alpha value is -2.60. The standard InChI is InChI=1S/C21H21N3O5S3/c1-14-17(13-19(31-14)32(27,28)24-7-10-30-11-8-24)23-20(25)15-4-2-5-16(12-15)22-21(26)18-6-3-9-29-18/h2-6,9,12-13H,7-8,10-11H2,1H3,(H,22,26)(H,23,25). The summed E-state index contributed by atoms with van der Waals surface area (Å²) in [6, 6.07) is 11.1. The molecule has 168 valence electrons. The molecule has 0 spiro atoms. The van der Waals surface area contributed by atoms with Gasteiger partial charge in [-0.15, -0.1) is 11.3 Å². The number of aryl methyl sites for hydroxylation is 1. The highest BCUT2D eigenvalue weighted by Crippen LogP contribution is 2.33. The topological polar surface area (TPSA) is 109 Å². The fraction of sp³-hybridized carbons (Fsp3) is 0.238. The molecule has 3 aromatic rings. The number of thiophene rings is 1. The smallest absolute Gasteiger partial charge is 0.291 e. The zero-order valence-corrected chi connectivity index (χ0v) is 19.6. The van der Waals surface area contributed by atoms with Crippen LogP contribution in [0.25, 0.3) is 0 Å². The van der Waals surface area contributed by atoms with Crippen LogP contribution in [0, 0.1) is 6.92 Å². The average molecular weight is 492 g/mol. The minimum Gasteiger partial charge on any atom is -0.459 e. The molecule has 11 heteroatoms. The van der Waals surface area contributed by atoms with E-state index in [-0.39, 0.29) is 9.97 Å². The largest absolute Gasteiger partial charge is 0.459 e. The summed E-state index contributed by atoms with van der Waals surface area (Å²) in [7, 11) is -3.58. The molecule has 0 unspecified atom stereocenters. The van der Waals surface area contributed by atoms with Gasteiger partial charge in [0.05, 0.1) is 12.0 Å². The fourth-order valence-corrected chi connectivity index (χ4v) is 7.28. The van der Waals surface area contributed by atoms with E-state index in [9.17, 15) is 18.0 Å². The lowest BCUT2D eigenvalue weighted by molar-refractivity contribution is 0.0993. The number of hydrogen-bond donors (Lipinski definition) is 2. The summed E-state index contributed by atoms with van der Waals surface area (Å²) in [5.41, 5.74) is 1.22. The molecule has 4 rings (SSSR count). The Balaban J connectivity index is 1.48. The zero-order chi connectivity index (χ0) is 22.7. The second-order valence-electron chi connectivity index (χ2n) is 7.02. The van der Waals surface area contributed by atoms with Crippen LogP contribution >= 0.6 is 23.1 Å². The molecule has 0 atom stereocenters. The number of benzene rings is 1. The second kappa shape index (κ2) is 9.49. The number of thioether (sulfide) groups is 1. The molecule has 2 aromatic heterocycles. The van der Waals surface area contributed by atoms with Crippen molar-refractivity contribution in [2.75, 3.05) is 35.2 Å². The Kier molecular flexibility index (Phi) is 6.70. The van der Waals surface area contributed by atoms with Gasteiger partial charge in [-0.3, -0.25) is 9.59 Å². The number of carbonyl (C=O) groups is 2. The van der Waals surface area contributed by atoms with Crippen molar-refractivity contribution in [3.63, 3.8) is 0 Å². The molecule has 3 heterocycles. The van der Waals surface area contributed by atoms with Gasteiger partial charge in [-0.2, -0.15) is 16.1 Å². The van der Waals surface area contributed by atoms with Gasteiger partial charge in [-0.05, 0) is 43.3 Å². The first-order valence-corrected chi connectivity index (χ1v) is 13.2. The molecule has 0 bridgehead atoms. The number of amides is 2. The number of sulfonamides is 1. The quantitative estimate of drug-likeness (QED) is 0.542. The number of carbonyl (C=O) groups excluding carboxylic acids is 2. The third-order valence-corrected chi connectivity index (χ3v) is 9.18. The molecule has 1 saturated heterocycles. The van der Waals surface area contributed by atoms with E-state index in [0.29, 0.717) is 34.9 Å². The van der Waals surface area contributed by atoms with Crippen LogP contribution in [0.2, 0.25) is 0 Å². The fourth-order valence-electron chi connectivity index (χ4n) is 3.15. The number of nitrogens with one attached hydrogen (secondary N) is 2. The summed E-state index contributed by atoms with van der Waals surface area (Å²) in [6.45, 7) is 2.75. The van der Waals surface area contributed by atoms with Gasteiger partial charge in [-0.1, -0.05) is 6.07 Å². The number of rotatable bonds is 6. The Morgan fingerprint density at radius 3 is 2.53 bits per heavy atom. The maximum atomic E-state index is 12.9. The summed E-state index contributed by atoms with van der Waals surface area (Å²) < 4.78 is 32.6. The monoisotopic (exact) mass is 491 g/mol. The molecule has 1 aliphatic rings. The Morgan fingerprint density at radius 2 is 1.81 bits per heavy atom. The van der Waals surface area contributed by atoms with E-state index in [1.807, 2.05) is 0 Å². The predicted molar refractivity (Wildman–Crippen MR) is 126 cm³/mol. The van der Waals surface area contributed by atoms with Crippen molar-refractivity contribution in [2.24, 2.45) is 0 Å². The lowest BCUT2D eigenvalue weighted by Crippen LogP contribution is -2.37. The van der Waals surface area contributed by atoms with Gasteiger partial charge < -0.3 is 15.1 Å². The van der Waals surface area contributed by atoms with Gasteiger partial charge in [-0.25, -0.2) is 8.42 Å². The normalized spacial score (nSPS) is 14.8. The van der Waals surface area contributed by atoms with E-state index in [2.05, 4.69) is 10.6 Å². The number of nitrogens with zero attached hydrogens (tertiary/aromatic N) is 1. The molecule has 1 fully saturated rings. The van der Waals surface area contributed by atoms with Crippen molar-refractivity contribution < 1.29 is 22.4 Å². The minimum absolute atomic E-state index is 0.162. The highest BCUT2D eigenvalue weighted by Gasteiger charge is 2.28. The maximum Gasteiger partial charge on any atom is 0.291 e. The third kappa shape index (κ3) is 4.90. The first-order chi connectivity index (χ1) is 15.3. The van der Waals surface area contributed by atoms with E-state index in [0.717, 1.165) is 22.8 Å². The summed E-state index contributed by atoms with van der Waals surface area (Å²) in [5.74, 6) is 0.889. The van der Waals surface area contributed by atoms with E-state index in [1.54, 1.807) is 55.1 Å². The molecule has 2 amide bonds. The van der Waals surface area contributed by atoms with Crippen molar-refractivity contribution in [3.05, 3.63) is 64.9 Å².